The molecule has 0 aromatic rings. The lowest BCUT2D eigenvalue weighted by atomic mass is 10.5. The Morgan fingerprint density at radius 3 is 2.40 bits per heavy atom. The first-order chi connectivity index (χ1) is 7.25. The summed E-state index contributed by atoms with van der Waals surface area (Å²) >= 11 is 0. The number of hydrogen-bond donors (Lipinski definition) is 0. The first kappa shape index (κ1) is 11.9. The van der Waals surface area contributed by atoms with E-state index in [1.54, 1.807) is 7.11 Å². The minimum absolute atomic E-state index is 0.263. The van der Waals surface area contributed by atoms with Crippen molar-refractivity contribution in [3.8, 4) is 0 Å². The quantitative estimate of drug-likeness (QED) is 0.440. The summed E-state index contributed by atoms with van der Waals surface area (Å²) in [7, 11) is 1.63. The van der Waals surface area contributed by atoms with Crippen LogP contribution in [-0.2, 0) is 19.1 Å². The van der Waals surface area contributed by atoms with Crippen LogP contribution < -0.4 is 0 Å². The largest absolute Gasteiger partial charge is 0.385 e. The van der Waals surface area contributed by atoms with E-state index in [0.717, 1.165) is 11.3 Å². The van der Waals surface area contributed by atoms with E-state index in [1.807, 2.05) is 0 Å². The summed E-state index contributed by atoms with van der Waals surface area (Å²) in [5.41, 5.74) is 0. The minimum atomic E-state index is -0.263. The van der Waals surface area contributed by atoms with Gasteiger partial charge in [-0.3, -0.25) is 14.5 Å². The van der Waals surface area contributed by atoms with E-state index in [0.29, 0.717) is 26.4 Å². The highest BCUT2D eigenvalue weighted by atomic mass is 16.5. The second-order valence-corrected chi connectivity index (χ2v) is 3.12. The Morgan fingerprint density at radius 2 is 1.80 bits per heavy atom. The van der Waals surface area contributed by atoms with Gasteiger partial charge in [0.1, 0.15) is 0 Å². The lowest BCUT2D eigenvalue weighted by Crippen LogP contribution is -2.33. The first-order valence-electron chi connectivity index (χ1n) is 4.86. The Hall–Kier alpha value is -1.20. The van der Waals surface area contributed by atoms with Crippen LogP contribution in [0.2, 0.25) is 0 Å². The third-order valence-corrected chi connectivity index (χ3v) is 2.00. The summed E-state index contributed by atoms with van der Waals surface area (Å²) in [6, 6.07) is 0. The molecule has 1 heterocycles. The van der Waals surface area contributed by atoms with Crippen molar-refractivity contribution in [1.29, 1.82) is 0 Å². The summed E-state index contributed by atoms with van der Waals surface area (Å²) in [4.78, 5) is 23.4. The molecule has 0 N–H and O–H groups in total. The van der Waals surface area contributed by atoms with E-state index in [1.165, 1.54) is 12.2 Å². The van der Waals surface area contributed by atoms with Crippen LogP contribution >= 0.6 is 0 Å². The molecule has 0 unspecified atom stereocenters. The van der Waals surface area contributed by atoms with Gasteiger partial charge in [0.05, 0.1) is 13.2 Å². The number of amides is 2. The number of imide groups is 1. The highest BCUT2D eigenvalue weighted by molar-refractivity contribution is 6.12. The third kappa shape index (κ3) is 3.81. The zero-order valence-electron chi connectivity index (χ0n) is 8.77. The normalized spacial score (nSPS) is 15.4. The Balaban J connectivity index is 2.05. The zero-order valence-corrected chi connectivity index (χ0v) is 8.77. The van der Waals surface area contributed by atoms with Crippen molar-refractivity contribution in [1.82, 2.24) is 4.90 Å². The molecule has 0 saturated heterocycles. The van der Waals surface area contributed by atoms with Crippen LogP contribution in [-0.4, -0.2) is 50.2 Å². The van der Waals surface area contributed by atoms with E-state index < -0.39 is 0 Å². The molecule has 0 fully saturated rings. The summed E-state index contributed by atoms with van der Waals surface area (Å²) in [5, 5.41) is 0. The van der Waals surface area contributed by atoms with Gasteiger partial charge >= 0.3 is 0 Å². The van der Waals surface area contributed by atoms with Gasteiger partial charge in [-0.25, -0.2) is 0 Å². The lowest BCUT2D eigenvalue weighted by molar-refractivity contribution is -0.137. The maximum absolute atomic E-state index is 11.1. The van der Waals surface area contributed by atoms with Crippen LogP contribution in [0, 0.1) is 0 Å². The molecule has 0 spiro atoms. The number of carbonyl (C=O) groups excluding carboxylic acids is 2. The molecular weight excluding hydrogens is 198 g/mol. The fraction of sp³-hybridized carbons (Fsp3) is 0.600. The maximum Gasteiger partial charge on any atom is 0.253 e. The SMILES string of the molecule is COCCCOCCN1C(=O)C=CC1=O. The predicted molar refractivity (Wildman–Crippen MR) is 53.2 cm³/mol. The lowest BCUT2D eigenvalue weighted by Gasteiger charge is -2.13. The average molecular weight is 213 g/mol. The molecule has 5 nitrogen and oxygen atoms in total. The molecule has 0 atom stereocenters. The van der Waals surface area contributed by atoms with Crippen LogP contribution in [0.5, 0.6) is 0 Å². The van der Waals surface area contributed by atoms with Gasteiger partial charge in [0.2, 0.25) is 0 Å². The molecular formula is C10H15NO4. The molecule has 15 heavy (non-hydrogen) atoms. The Kier molecular flexibility index (Phi) is 5.00. The fourth-order valence-electron chi connectivity index (χ4n) is 1.21. The third-order valence-electron chi connectivity index (χ3n) is 2.00. The Labute approximate surface area is 88.6 Å². The van der Waals surface area contributed by atoms with E-state index in [-0.39, 0.29) is 11.8 Å². The van der Waals surface area contributed by atoms with Crippen LogP contribution in [0.15, 0.2) is 12.2 Å². The maximum atomic E-state index is 11.1. The molecule has 1 rings (SSSR count). The summed E-state index contributed by atoms with van der Waals surface area (Å²) in [6.07, 6.45) is 3.36. The molecule has 2 amide bonds. The standard InChI is InChI=1S/C10H15NO4/c1-14-6-2-7-15-8-5-11-9(12)3-4-10(11)13/h3-4H,2,5-8H2,1H3. The van der Waals surface area contributed by atoms with Crippen molar-refractivity contribution < 1.29 is 19.1 Å². The summed E-state index contributed by atoms with van der Waals surface area (Å²) in [6.45, 7) is 1.93. The van der Waals surface area contributed by atoms with E-state index in [2.05, 4.69) is 0 Å². The van der Waals surface area contributed by atoms with Gasteiger partial charge in [-0.1, -0.05) is 0 Å². The van der Waals surface area contributed by atoms with E-state index in [4.69, 9.17) is 9.47 Å². The molecule has 1 aliphatic heterocycles. The number of carbonyl (C=O) groups is 2. The van der Waals surface area contributed by atoms with Crippen LogP contribution in [0.1, 0.15) is 6.42 Å². The topological polar surface area (TPSA) is 55.8 Å². The van der Waals surface area contributed by atoms with Crippen molar-refractivity contribution >= 4 is 11.8 Å². The van der Waals surface area contributed by atoms with Gasteiger partial charge in [-0.2, -0.15) is 0 Å². The number of nitrogens with zero attached hydrogens (tertiary/aromatic N) is 1. The fourth-order valence-corrected chi connectivity index (χ4v) is 1.21. The van der Waals surface area contributed by atoms with Gasteiger partial charge in [0.15, 0.2) is 0 Å². The molecule has 84 valence electrons. The van der Waals surface area contributed by atoms with Crippen molar-refractivity contribution in [3.05, 3.63) is 12.2 Å². The van der Waals surface area contributed by atoms with Crippen molar-refractivity contribution in [2.45, 2.75) is 6.42 Å². The van der Waals surface area contributed by atoms with Crippen molar-refractivity contribution in [2.24, 2.45) is 0 Å². The Bertz CT molecular complexity index is 244. The van der Waals surface area contributed by atoms with Gasteiger partial charge < -0.3 is 9.47 Å². The van der Waals surface area contributed by atoms with Gasteiger partial charge in [0.25, 0.3) is 11.8 Å². The summed E-state index contributed by atoms with van der Waals surface area (Å²) in [5.74, 6) is -0.527. The van der Waals surface area contributed by atoms with Gasteiger partial charge in [-0.15, -0.1) is 0 Å². The zero-order chi connectivity index (χ0) is 11.1. The molecule has 0 radical (unpaired) electrons. The second-order valence-electron chi connectivity index (χ2n) is 3.12. The predicted octanol–water partition coefficient (Wildman–Crippen LogP) is -0.0355. The van der Waals surface area contributed by atoms with Crippen molar-refractivity contribution in [2.75, 3.05) is 33.5 Å². The molecule has 0 saturated carbocycles. The van der Waals surface area contributed by atoms with E-state index >= 15 is 0 Å². The Morgan fingerprint density at radius 1 is 1.13 bits per heavy atom. The van der Waals surface area contributed by atoms with Crippen LogP contribution in [0.4, 0.5) is 0 Å². The number of hydrogen-bond acceptors (Lipinski definition) is 4. The van der Waals surface area contributed by atoms with E-state index in [9.17, 15) is 9.59 Å². The highest BCUT2D eigenvalue weighted by Crippen LogP contribution is 2.02. The molecule has 5 heteroatoms. The van der Waals surface area contributed by atoms with Crippen molar-refractivity contribution in [3.63, 3.8) is 0 Å². The van der Waals surface area contributed by atoms with Crippen LogP contribution in [0.3, 0.4) is 0 Å². The van der Waals surface area contributed by atoms with Gasteiger partial charge in [-0.05, 0) is 6.42 Å². The van der Waals surface area contributed by atoms with Gasteiger partial charge in [0, 0.05) is 32.5 Å². The monoisotopic (exact) mass is 213 g/mol. The smallest absolute Gasteiger partial charge is 0.253 e. The summed E-state index contributed by atoms with van der Waals surface area (Å²) < 4.78 is 10.1. The number of methoxy groups -OCH3 is 1. The number of rotatable bonds is 7. The van der Waals surface area contributed by atoms with Crippen LogP contribution in [0.25, 0.3) is 0 Å². The minimum Gasteiger partial charge on any atom is -0.385 e. The number of ether oxygens (including phenoxy) is 2. The highest BCUT2D eigenvalue weighted by Gasteiger charge is 2.22. The molecule has 0 aromatic heterocycles. The second kappa shape index (κ2) is 6.31. The molecule has 0 aromatic carbocycles. The molecule has 0 aliphatic carbocycles. The average Bonchev–Trinajstić information content (AvgIpc) is 2.54. The molecule has 0 bridgehead atoms. The first-order valence-corrected chi connectivity index (χ1v) is 4.86. The molecule has 1 aliphatic rings.